The molecule has 0 bridgehead atoms. The maximum Gasteiger partial charge on any atom is 0.254 e. The smallest absolute Gasteiger partial charge is 0.254 e. The molecule has 2 N–H and O–H groups in total. The summed E-state index contributed by atoms with van der Waals surface area (Å²) in [6.45, 7) is 2.11. The van der Waals surface area contributed by atoms with E-state index in [1.54, 1.807) is 0 Å². The van der Waals surface area contributed by atoms with Crippen molar-refractivity contribution in [3.05, 3.63) is 65.7 Å². The summed E-state index contributed by atoms with van der Waals surface area (Å²) in [6, 6.07) is 17.8. The lowest BCUT2D eigenvalue weighted by atomic mass is 9.95. The molecular weight excluding hydrogens is 236 g/mol. The lowest BCUT2D eigenvalue weighted by Crippen LogP contribution is -2.47. The molecule has 0 aliphatic carbocycles. The van der Waals surface area contributed by atoms with E-state index in [2.05, 4.69) is 29.7 Å². The lowest BCUT2D eigenvalue weighted by molar-refractivity contribution is 0.0931. The molecule has 3 nitrogen and oxygen atoms in total. The summed E-state index contributed by atoms with van der Waals surface area (Å²) in [4.78, 5) is 12.1. The molecule has 2 unspecified atom stereocenters. The van der Waals surface area contributed by atoms with E-state index < -0.39 is 0 Å². The van der Waals surface area contributed by atoms with E-state index in [9.17, 15) is 4.79 Å². The highest BCUT2D eigenvalue weighted by Gasteiger charge is 2.27. The largest absolute Gasteiger partial charge is 0.364 e. The summed E-state index contributed by atoms with van der Waals surface area (Å²) in [5, 5.41) is 6.41. The average molecular weight is 252 g/mol. The summed E-state index contributed by atoms with van der Waals surface area (Å²) in [7, 11) is 0. The third kappa shape index (κ3) is 2.19. The van der Waals surface area contributed by atoms with Crippen LogP contribution in [0.5, 0.6) is 0 Å². The average Bonchev–Trinajstić information content (AvgIpc) is 2.47. The Kier molecular flexibility index (Phi) is 2.95. The van der Waals surface area contributed by atoms with Gasteiger partial charge in [0, 0.05) is 11.6 Å². The van der Waals surface area contributed by atoms with Crippen LogP contribution >= 0.6 is 0 Å². The zero-order chi connectivity index (χ0) is 13.2. The monoisotopic (exact) mass is 252 g/mol. The van der Waals surface area contributed by atoms with Crippen molar-refractivity contribution >= 4 is 11.6 Å². The molecule has 1 aliphatic heterocycles. The van der Waals surface area contributed by atoms with Gasteiger partial charge in [-0.15, -0.1) is 0 Å². The van der Waals surface area contributed by atoms with Crippen molar-refractivity contribution in [2.45, 2.75) is 19.0 Å². The molecule has 96 valence electrons. The molecule has 0 saturated carbocycles. The van der Waals surface area contributed by atoms with Crippen LogP contribution in [0.2, 0.25) is 0 Å². The van der Waals surface area contributed by atoms with E-state index in [4.69, 9.17) is 0 Å². The van der Waals surface area contributed by atoms with E-state index in [0.29, 0.717) is 5.56 Å². The summed E-state index contributed by atoms with van der Waals surface area (Å²) in [6.07, 6.45) is -0.0789. The zero-order valence-corrected chi connectivity index (χ0v) is 10.8. The number of amides is 1. The standard InChI is InChI=1S/C16H16N2O/c1-11(12-7-3-2-4-8-12)15-17-14-10-6-5-9-13(14)16(19)18-15/h2-11,15,17H,1H3,(H,18,19). The lowest BCUT2D eigenvalue weighted by Gasteiger charge is -2.32. The first-order valence-electron chi connectivity index (χ1n) is 6.47. The van der Waals surface area contributed by atoms with Crippen LogP contribution in [0.1, 0.15) is 28.8 Å². The van der Waals surface area contributed by atoms with Gasteiger partial charge in [-0.2, -0.15) is 0 Å². The van der Waals surface area contributed by atoms with Gasteiger partial charge in [0.15, 0.2) is 0 Å². The van der Waals surface area contributed by atoms with Gasteiger partial charge in [-0.25, -0.2) is 0 Å². The molecule has 3 heteroatoms. The fraction of sp³-hybridized carbons (Fsp3) is 0.188. The first-order valence-corrected chi connectivity index (χ1v) is 6.47. The second-order valence-corrected chi connectivity index (χ2v) is 4.84. The predicted molar refractivity (Wildman–Crippen MR) is 76.2 cm³/mol. The third-order valence-corrected chi connectivity index (χ3v) is 3.59. The number of anilines is 1. The molecule has 2 atom stereocenters. The molecule has 0 fully saturated rings. The van der Waals surface area contributed by atoms with E-state index in [0.717, 1.165) is 5.69 Å². The highest BCUT2D eigenvalue weighted by atomic mass is 16.2. The van der Waals surface area contributed by atoms with Crippen molar-refractivity contribution in [1.29, 1.82) is 0 Å². The maximum absolute atomic E-state index is 12.1. The second kappa shape index (κ2) is 4.76. The molecule has 19 heavy (non-hydrogen) atoms. The van der Waals surface area contributed by atoms with Gasteiger partial charge in [0.2, 0.25) is 0 Å². The zero-order valence-electron chi connectivity index (χ0n) is 10.8. The number of carbonyl (C=O) groups is 1. The molecule has 0 spiro atoms. The van der Waals surface area contributed by atoms with Crippen LogP contribution in [0, 0.1) is 0 Å². The van der Waals surface area contributed by atoms with Crippen molar-refractivity contribution in [2.75, 3.05) is 5.32 Å². The number of carbonyl (C=O) groups excluding carboxylic acids is 1. The van der Waals surface area contributed by atoms with Gasteiger partial charge >= 0.3 is 0 Å². The van der Waals surface area contributed by atoms with E-state index >= 15 is 0 Å². The van der Waals surface area contributed by atoms with Gasteiger partial charge in [-0.3, -0.25) is 4.79 Å². The number of hydrogen-bond donors (Lipinski definition) is 2. The Morgan fingerprint density at radius 2 is 1.63 bits per heavy atom. The van der Waals surface area contributed by atoms with Crippen LogP contribution in [-0.4, -0.2) is 12.1 Å². The summed E-state index contributed by atoms with van der Waals surface area (Å²) in [5.41, 5.74) is 2.82. The van der Waals surface area contributed by atoms with Gasteiger partial charge in [-0.1, -0.05) is 49.4 Å². The van der Waals surface area contributed by atoms with Crippen molar-refractivity contribution in [2.24, 2.45) is 0 Å². The van der Waals surface area contributed by atoms with Gasteiger partial charge in [0.1, 0.15) is 6.17 Å². The van der Waals surface area contributed by atoms with E-state index in [1.165, 1.54) is 5.56 Å². The van der Waals surface area contributed by atoms with Crippen LogP contribution in [0.4, 0.5) is 5.69 Å². The fourth-order valence-electron chi connectivity index (χ4n) is 2.43. The molecule has 1 heterocycles. The Morgan fingerprint density at radius 3 is 2.42 bits per heavy atom. The molecule has 3 rings (SSSR count). The van der Waals surface area contributed by atoms with Gasteiger partial charge < -0.3 is 10.6 Å². The van der Waals surface area contributed by atoms with E-state index in [-0.39, 0.29) is 18.0 Å². The highest BCUT2D eigenvalue weighted by Crippen LogP contribution is 2.26. The molecule has 2 aromatic carbocycles. The number of rotatable bonds is 2. The minimum absolute atomic E-state index is 0.0119. The van der Waals surface area contributed by atoms with E-state index in [1.807, 2.05) is 42.5 Å². The minimum Gasteiger partial charge on any atom is -0.364 e. The Labute approximate surface area is 112 Å². The molecular formula is C16H16N2O. The number of benzene rings is 2. The van der Waals surface area contributed by atoms with Crippen LogP contribution in [-0.2, 0) is 0 Å². The van der Waals surface area contributed by atoms with Crippen molar-refractivity contribution in [1.82, 2.24) is 5.32 Å². The number of hydrogen-bond acceptors (Lipinski definition) is 2. The molecule has 0 saturated heterocycles. The first-order chi connectivity index (χ1) is 9.25. The Bertz CT molecular complexity index is 595. The highest BCUT2D eigenvalue weighted by molar-refractivity contribution is 6.01. The summed E-state index contributed by atoms with van der Waals surface area (Å²) >= 11 is 0. The van der Waals surface area contributed by atoms with Crippen LogP contribution in [0.25, 0.3) is 0 Å². The summed E-state index contributed by atoms with van der Waals surface area (Å²) in [5.74, 6) is 0.195. The summed E-state index contributed by atoms with van der Waals surface area (Å²) < 4.78 is 0. The van der Waals surface area contributed by atoms with Gasteiger partial charge in [-0.05, 0) is 17.7 Å². The molecule has 0 radical (unpaired) electrons. The van der Waals surface area contributed by atoms with Gasteiger partial charge in [0.05, 0.1) is 5.56 Å². The normalized spacial score (nSPS) is 19.0. The maximum atomic E-state index is 12.1. The van der Waals surface area contributed by atoms with Crippen molar-refractivity contribution < 1.29 is 4.79 Å². The molecule has 0 aromatic heterocycles. The number of nitrogens with one attached hydrogen (secondary N) is 2. The van der Waals surface area contributed by atoms with Crippen LogP contribution < -0.4 is 10.6 Å². The van der Waals surface area contributed by atoms with Crippen molar-refractivity contribution in [3.8, 4) is 0 Å². The molecule has 1 amide bonds. The molecule has 2 aromatic rings. The second-order valence-electron chi connectivity index (χ2n) is 4.84. The van der Waals surface area contributed by atoms with Crippen LogP contribution in [0.3, 0.4) is 0 Å². The van der Waals surface area contributed by atoms with Gasteiger partial charge in [0.25, 0.3) is 5.91 Å². The first kappa shape index (κ1) is 11.8. The SMILES string of the molecule is CC(c1ccccc1)C1NC(=O)c2ccccc2N1. The predicted octanol–water partition coefficient (Wildman–Crippen LogP) is 2.97. The fourth-order valence-corrected chi connectivity index (χ4v) is 2.43. The Hall–Kier alpha value is -2.29. The third-order valence-electron chi connectivity index (χ3n) is 3.59. The molecule has 1 aliphatic rings. The Balaban J connectivity index is 1.87. The number of para-hydroxylation sites is 1. The quantitative estimate of drug-likeness (QED) is 0.862. The van der Waals surface area contributed by atoms with Crippen LogP contribution in [0.15, 0.2) is 54.6 Å². The minimum atomic E-state index is -0.0789. The number of fused-ring (bicyclic) bond motifs is 1. The topological polar surface area (TPSA) is 41.1 Å². The van der Waals surface area contributed by atoms with Crippen molar-refractivity contribution in [3.63, 3.8) is 0 Å². The Morgan fingerprint density at radius 1 is 0.947 bits per heavy atom.